The van der Waals surface area contributed by atoms with Crippen molar-refractivity contribution in [2.24, 2.45) is 0 Å². The van der Waals surface area contributed by atoms with Crippen LogP contribution in [-0.2, 0) is 12.8 Å². The van der Waals surface area contributed by atoms with Gasteiger partial charge in [0.25, 0.3) is 0 Å². The van der Waals surface area contributed by atoms with E-state index < -0.39 is 0 Å². The molecular weight excluding hydrogens is 346 g/mol. The molecule has 0 amide bonds. The fraction of sp³-hybridized carbons (Fsp3) is 0.520. The second-order valence-electron chi connectivity index (χ2n) is 7.78. The van der Waals surface area contributed by atoms with Gasteiger partial charge < -0.3 is 14.4 Å². The minimum atomic E-state index is 0.367. The van der Waals surface area contributed by atoms with Crippen LogP contribution in [-0.4, -0.2) is 38.8 Å². The molecular formula is C25H35NO2. The normalized spacial score (nSPS) is 17.1. The summed E-state index contributed by atoms with van der Waals surface area (Å²) in [5, 5.41) is 0. The van der Waals surface area contributed by atoms with Gasteiger partial charge in [0, 0.05) is 24.6 Å². The zero-order chi connectivity index (χ0) is 19.9. The van der Waals surface area contributed by atoms with Crippen molar-refractivity contribution in [2.75, 3.05) is 33.9 Å². The van der Waals surface area contributed by atoms with Gasteiger partial charge in [0.15, 0.2) is 11.5 Å². The molecule has 0 bridgehead atoms. The largest absolute Gasteiger partial charge is 0.493 e. The molecule has 0 saturated carbocycles. The third-order valence-electron chi connectivity index (χ3n) is 5.95. The Hall–Kier alpha value is -2.00. The highest BCUT2D eigenvalue weighted by Gasteiger charge is 2.29. The van der Waals surface area contributed by atoms with Gasteiger partial charge in [0.05, 0.1) is 14.2 Å². The number of unbranched alkanes of at least 4 members (excludes halogenated alkanes) is 1. The Morgan fingerprint density at radius 1 is 1.04 bits per heavy atom. The summed E-state index contributed by atoms with van der Waals surface area (Å²) in [4.78, 5) is 2.65. The van der Waals surface area contributed by atoms with Crippen molar-refractivity contribution in [3.05, 3.63) is 58.7 Å². The van der Waals surface area contributed by atoms with Gasteiger partial charge in [-0.05, 0) is 48.6 Å². The molecule has 0 saturated heterocycles. The molecule has 1 atom stereocenters. The topological polar surface area (TPSA) is 21.7 Å². The molecule has 1 heterocycles. The SMILES string of the molecule is CCCCN1CCc2c(cc(OC)c(OC)c2CCC)C(c2ccccc2)C1. The molecule has 0 aromatic heterocycles. The summed E-state index contributed by atoms with van der Waals surface area (Å²) in [6.45, 7) is 7.87. The Morgan fingerprint density at radius 3 is 2.46 bits per heavy atom. The van der Waals surface area contributed by atoms with Crippen molar-refractivity contribution < 1.29 is 9.47 Å². The number of fused-ring (bicyclic) bond motifs is 1. The first-order chi connectivity index (χ1) is 13.7. The lowest BCUT2D eigenvalue weighted by molar-refractivity contribution is 0.272. The van der Waals surface area contributed by atoms with E-state index in [9.17, 15) is 0 Å². The standard InChI is InChI=1S/C25H35NO2/c1-5-7-15-26-16-14-20-21(11-6-2)25(28-4)24(27-3)17-22(20)23(18-26)19-12-9-8-10-13-19/h8-10,12-13,17,23H,5-7,11,14-16,18H2,1-4H3. The van der Waals surface area contributed by atoms with Crippen molar-refractivity contribution in [1.82, 2.24) is 4.90 Å². The number of hydrogen-bond acceptors (Lipinski definition) is 3. The quantitative estimate of drug-likeness (QED) is 0.607. The van der Waals surface area contributed by atoms with Crippen LogP contribution in [0.3, 0.4) is 0 Å². The second-order valence-corrected chi connectivity index (χ2v) is 7.78. The highest BCUT2D eigenvalue weighted by Crippen LogP contribution is 2.42. The van der Waals surface area contributed by atoms with E-state index in [-0.39, 0.29) is 0 Å². The van der Waals surface area contributed by atoms with Gasteiger partial charge in [0.1, 0.15) is 0 Å². The molecule has 2 aromatic carbocycles. The van der Waals surface area contributed by atoms with Crippen LogP contribution in [0, 0.1) is 0 Å². The number of ether oxygens (including phenoxy) is 2. The van der Waals surface area contributed by atoms with E-state index in [0.29, 0.717) is 5.92 Å². The first-order valence-electron chi connectivity index (χ1n) is 10.8. The van der Waals surface area contributed by atoms with Crippen molar-refractivity contribution in [2.45, 2.75) is 51.9 Å². The Bertz CT molecular complexity index is 757. The number of methoxy groups -OCH3 is 2. The lowest BCUT2D eigenvalue weighted by Gasteiger charge is -2.26. The monoisotopic (exact) mass is 381 g/mol. The van der Waals surface area contributed by atoms with E-state index in [4.69, 9.17) is 9.47 Å². The zero-order valence-corrected chi connectivity index (χ0v) is 18.0. The highest BCUT2D eigenvalue weighted by molar-refractivity contribution is 5.57. The minimum absolute atomic E-state index is 0.367. The molecule has 1 aliphatic rings. The van der Waals surface area contributed by atoms with Crippen LogP contribution >= 0.6 is 0 Å². The Morgan fingerprint density at radius 2 is 1.82 bits per heavy atom. The Balaban J connectivity index is 2.14. The average Bonchev–Trinajstić information content (AvgIpc) is 2.92. The first-order valence-corrected chi connectivity index (χ1v) is 10.8. The molecule has 152 valence electrons. The molecule has 0 radical (unpaired) electrons. The van der Waals surface area contributed by atoms with E-state index in [1.165, 1.54) is 41.6 Å². The maximum Gasteiger partial charge on any atom is 0.164 e. The average molecular weight is 382 g/mol. The van der Waals surface area contributed by atoms with Crippen molar-refractivity contribution in [3.8, 4) is 11.5 Å². The zero-order valence-electron chi connectivity index (χ0n) is 18.0. The maximum absolute atomic E-state index is 5.82. The Labute approximate surface area is 170 Å². The molecule has 3 nitrogen and oxygen atoms in total. The molecule has 0 spiro atoms. The summed E-state index contributed by atoms with van der Waals surface area (Å²) in [7, 11) is 3.52. The number of nitrogens with zero attached hydrogens (tertiary/aromatic N) is 1. The molecule has 0 fully saturated rings. The Kier molecular flexibility index (Phi) is 7.38. The van der Waals surface area contributed by atoms with Gasteiger partial charge in [-0.1, -0.05) is 57.0 Å². The summed E-state index contributed by atoms with van der Waals surface area (Å²) >= 11 is 0. The molecule has 1 unspecified atom stereocenters. The predicted octanol–water partition coefficient (Wildman–Crippen LogP) is 5.45. The minimum Gasteiger partial charge on any atom is -0.493 e. The summed E-state index contributed by atoms with van der Waals surface area (Å²) in [6, 6.07) is 13.2. The van der Waals surface area contributed by atoms with Gasteiger partial charge in [-0.25, -0.2) is 0 Å². The van der Waals surface area contributed by atoms with Crippen molar-refractivity contribution >= 4 is 0 Å². The summed E-state index contributed by atoms with van der Waals surface area (Å²) in [5.74, 6) is 2.16. The lowest BCUT2D eigenvalue weighted by Crippen LogP contribution is -2.29. The third kappa shape index (κ3) is 4.35. The van der Waals surface area contributed by atoms with Crippen LogP contribution in [0.25, 0.3) is 0 Å². The lowest BCUT2D eigenvalue weighted by atomic mass is 9.84. The van der Waals surface area contributed by atoms with Gasteiger partial charge in [0.2, 0.25) is 0 Å². The smallest absolute Gasteiger partial charge is 0.164 e. The molecule has 0 aliphatic carbocycles. The number of hydrogen-bond donors (Lipinski definition) is 0. The van der Waals surface area contributed by atoms with Gasteiger partial charge in [-0.15, -0.1) is 0 Å². The van der Waals surface area contributed by atoms with Crippen LogP contribution in [0.2, 0.25) is 0 Å². The van der Waals surface area contributed by atoms with Gasteiger partial charge in [-0.2, -0.15) is 0 Å². The second kappa shape index (κ2) is 9.97. The van der Waals surface area contributed by atoms with E-state index in [1.807, 2.05) is 0 Å². The molecule has 3 rings (SSSR count). The van der Waals surface area contributed by atoms with Crippen LogP contribution in [0.4, 0.5) is 0 Å². The van der Waals surface area contributed by atoms with E-state index in [2.05, 4.69) is 55.1 Å². The van der Waals surface area contributed by atoms with Crippen LogP contribution in [0.1, 0.15) is 61.3 Å². The van der Waals surface area contributed by atoms with Crippen molar-refractivity contribution in [1.29, 1.82) is 0 Å². The van der Waals surface area contributed by atoms with Gasteiger partial charge >= 0.3 is 0 Å². The van der Waals surface area contributed by atoms with E-state index in [0.717, 1.165) is 43.9 Å². The first kappa shape index (κ1) is 20.7. The predicted molar refractivity (Wildman–Crippen MR) is 117 cm³/mol. The highest BCUT2D eigenvalue weighted by atomic mass is 16.5. The van der Waals surface area contributed by atoms with Crippen molar-refractivity contribution in [3.63, 3.8) is 0 Å². The summed E-state index contributed by atoms with van der Waals surface area (Å²) in [6.07, 6.45) is 5.71. The maximum atomic E-state index is 5.82. The number of rotatable bonds is 8. The van der Waals surface area contributed by atoms with Crippen LogP contribution < -0.4 is 9.47 Å². The van der Waals surface area contributed by atoms with Gasteiger partial charge in [-0.3, -0.25) is 0 Å². The molecule has 2 aromatic rings. The third-order valence-corrected chi connectivity index (χ3v) is 5.95. The van der Waals surface area contributed by atoms with E-state index >= 15 is 0 Å². The summed E-state index contributed by atoms with van der Waals surface area (Å²) in [5.41, 5.74) is 5.64. The fourth-order valence-corrected chi connectivity index (χ4v) is 4.52. The molecule has 28 heavy (non-hydrogen) atoms. The van der Waals surface area contributed by atoms with E-state index in [1.54, 1.807) is 14.2 Å². The number of benzene rings is 2. The molecule has 0 N–H and O–H groups in total. The molecule has 3 heteroatoms. The molecule has 1 aliphatic heterocycles. The van der Waals surface area contributed by atoms with Crippen LogP contribution in [0.5, 0.6) is 11.5 Å². The fourth-order valence-electron chi connectivity index (χ4n) is 4.52. The van der Waals surface area contributed by atoms with Crippen LogP contribution in [0.15, 0.2) is 36.4 Å². The summed E-state index contributed by atoms with van der Waals surface area (Å²) < 4.78 is 11.6.